The molecule has 1 aliphatic carbocycles. The predicted molar refractivity (Wildman–Crippen MR) is 90.3 cm³/mol. The highest BCUT2D eigenvalue weighted by Crippen LogP contribution is 2.35. The largest absolute Gasteiger partial charge is 0.348 e. The molecule has 1 aliphatic heterocycles. The van der Waals surface area contributed by atoms with Crippen LogP contribution in [0.5, 0.6) is 0 Å². The van der Waals surface area contributed by atoms with Crippen molar-refractivity contribution >= 4 is 27.3 Å². The average Bonchev–Trinajstić information content (AvgIpc) is 2.89. The molecule has 1 amide bonds. The SMILES string of the molecule is CS(=O)(=O)C1(C(=O)NC2CCc3cc(Cl)ccc32)CCNCC1. The standard InChI is InChI=1S/C16H21ClN2O3S/c1-23(21,22)16(6-8-18-9-7-16)15(20)19-14-5-2-11-10-12(17)3-4-13(11)14/h3-4,10,14,18H,2,5-9H2,1H3,(H,19,20). The summed E-state index contributed by atoms with van der Waals surface area (Å²) in [5.41, 5.74) is 2.17. The maximum atomic E-state index is 12.9. The molecular formula is C16H21ClN2O3S. The quantitative estimate of drug-likeness (QED) is 0.862. The van der Waals surface area contributed by atoms with E-state index in [0.717, 1.165) is 24.0 Å². The molecule has 2 N–H and O–H groups in total. The predicted octanol–water partition coefficient (Wildman–Crippen LogP) is 1.61. The van der Waals surface area contributed by atoms with E-state index >= 15 is 0 Å². The third kappa shape index (κ3) is 2.99. The number of rotatable bonds is 3. The molecule has 0 spiro atoms. The Morgan fingerprint density at radius 3 is 2.70 bits per heavy atom. The van der Waals surface area contributed by atoms with Crippen LogP contribution in [0.15, 0.2) is 18.2 Å². The first kappa shape index (κ1) is 16.7. The van der Waals surface area contributed by atoms with Gasteiger partial charge in [0.2, 0.25) is 5.91 Å². The number of sulfone groups is 1. The van der Waals surface area contributed by atoms with E-state index in [-0.39, 0.29) is 11.9 Å². The van der Waals surface area contributed by atoms with E-state index < -0.39 is 14.6 Å². The van der Waals surface area contributed by atoms with Crippen molar-refractivity contribution in [3.63, 3.8) is 0 Å². The molecule has 0 aromatic heterocycles. The van der Waals surface area contributed by atoms with Crippen molar-refractivity contribution in [3.8, 4) is 0 Å². The Morgan fingerprint density at radius 1 is 1.35 bits per heavy atom. The van der Waals surface area contributed by atoms with Crippen molar-refractivity contribution in [2.24, 2.45) is 0 Å². The molecule has 1 aromatic rings. The molecule has 1 heterocycles. The molecule has 1 fully saturated rings. The zero-order valence-electron chi connectivity index (χ0n) is 13.1. The highest BCUT2D eigenvalue weighted by Gasteiger charge is 2.49. The number of amides is 1. The second-order valence-corrected chi connectivity index (χ2v) is 9.19. The number of hydrogen-bond acceptors (Lipinski definition) is 4. The van der Waals surface area contributed by atoms with Crippen molar-refractivity contribution in [2.75, 3.05) is 19.3 Å². The molecule has 23 heavy (non-hydrogen) atoms. The van der Waals surface area contributed by atoms with Gasteiger partial charge >= 0.3 is 0 Å². The van der Waals surface area contributed by atoms with Crippen molar-refractivity contribution in [1.29, 1.82) is 0 Å². The summed E-state index contributed by atoms with van der Waals surface area (Å²) in [5, 5.41) is 6.79. The lowest BCUT2D eigenvalue weighted by Gasteiger charge is -2.35. The smallest absolute Gasteiger partial charge is 0.242 e. The van der Waals surface area contributed by atoms with E-state index in [4.69, 9.17) is 11.6 Å². The summed E-state index contributed by atoms with van der Waals surface area (Å²) >= 11 is 6.01. The maximum Gasteiger partial charge on any atom is 0.242 e. The van der Waals surface area contributed by atoms with Gasteiger partial charge in [-0.1, -0.05) is 17.7 Å². The fourth-order valence-corrected chi connectivity index (χ4v) is 5.16. The van der Waals surface area contributed by atoms with Gasteiger partial charge < -0.3 is 10.6 Å². The molecule has 1 atom stereocenters. The number of benzene rings is 1. The molecular weight excluding hydrogens is 336 g/mol. The van der Waals surface area contributed by atoms with Gasteiger partial charge in [0.15, 0.2) is 14.6 Å². The number of halogens is 1. The summed E-state index contributed by atoms with van der Waals surface area (Å²) in [6.07, 6.45) is 3.42. The average molecular weight is 357 g/mol. The summed E-state index contributed by atoms with van der Waals surface area (Å²) in [6.45, 7) is 1.08. The zero-order valence-corrected chi connectivity index (χ0v) is 14.6. The molecule has 7 heteroatoms. The van der Waals surface area contributed by atoms with Crippen molar-refractivity contribution in [1.82, 2.24) is 10.6 Å². The summed E-state index contributed by atoms with van der Waals surface area (Å²) < 4.78 is 23.3. The van der Waals surface area contributed by atoms with E-state index in [0.29, 0.717) is 31.0 Å². The highest BCUT2D eigenvalue weighted by atomic mass is 35.5. The van der Waals surface area contributed by atoms with Crippen LogP contribution in [-0.4, -0.2) is 38.4 Å². The van der Waals surface area contributed by atoms with Crippen LogP contribution < -0.4 is 10.6 Å². The third-order valence-corrected chi connectivity index (χ3v) is 7.27. The number of carbonyl (C=O) groups excluding carboxylic acids is 1. The first-order chi connectivity index (χ1) is 10.8. The first-order valence-electron chi connectivity index (χ1n) is 7.83. The number of aryl methyl sites for hydroxylation is 1. The minimum Gasteiger partial charge on any atom is -0.348 e. The van der Waals surface area contributed by atoms with Gasteiger partial charge in [0.1, 0.15) is 0 Å². The molecule has 1 aromatic carbocycles. The van der Waals surface area contributed by atoms with Gasteiger partial charge in [-0.05, 0) is 62.0 Å². The molecule has 0 radical (unpaired) electrons. The van der Waals surface area contributed by atoms with E-state index in [2.05, 4.69) is 10.6 Å². The van der Waals surface area contributed by atoms with Gasteiger partial charge in [0.25, 0.3) is 0 Å². The summed E-state index contributed by atoms with van der Waals surface area (Å²) in [7, 11) is -3.49. The Balaban J connectivity index is 1.84. The number of hydrogen-bond donors (Lipinski definition) is 2. The van der Waals surface area contributed by atoms with Gasteiger partial charge in [-0.15, -0.1) is 0 Å². The first-order valence-corrected chi connectivity index (χ1v) is 10.1. The summed E-state index contributed by atoms with van der Waals surface area (Å²) in [6, 6.07) is 5.51. The Morgan fingerprint density at radius 2 is 2.04 bits per heavy atom. The Bertz CT molecular complexity index is 727. The Hall–Kier alpha value is -1.11. The van der Waals surface area contributed by atoms with Crippen molar-refractivity contribution in [2.45, 2.75) is 36.5 Å². The van der Waals surface area contributed by atoms with E-state index in [1.807, 2.05) is 18.2 Å². The van der Waals surface area contributed by atoms with Gasteiger partial charge in [0.05, 0.1) is 6.04 Å². The van der Waals surface area contributed by atoms with Crippen molar-refractivity contribution < 1.29 is 13.2 Å². The maximum absolute atomic E-state index is 12.9. The van der Waals surface area contributed by atoms with Gasteiger partial charge in [-0.3, -0.25) is 4.79 Å². The number of piperidine rings is 1. The normalized spacial score (nSPS) is 23.3. The second kappa shape index (κ2) is 6.07. The lowest BCUT2D eigenvalue weighted by Crippen LogP contribution is -2.57. The van der Waals surface area contributed by atoms with Gasteiger partial charge in [-0.25, -0.2) is 8.42 Å². The molecule has 0 saturated carbocycles. The lowest BCUT2D eigenvalue weighted by atomic mass is 9.95. The lowest BCUT2D eigenvalue weighted by molar-refractivity contribution is -0.125. The summed E-state index contributed by atoms with van der Waals surface area (Å²) in [5.74, 6) is -0.366. The monoisotopic (exact) mass is 356 g/mol. The number of nitrogens with one attached hydrogen (secondary N) is 2. The van der Waals surface area contributed by atoms with Crippen LogP contribution in [0.3, 0.4) is 0 Å². The van der Waals surface area contributed by atoms with Crippen LogP contribution in [0.4, 0.5) is 0 Å². The van der Waals surface area contributed by atoms with Crippen LogP contribution in [0.1, 0.15) is 36.4 Å². The molecule has 3 rings (SSSR count). The third-order valence-electron chi connectivity index (χ3n) is 5.02. The van der Waals surface area contributed by atoms with Crippen LogP contribution in [0.2, 0.25) is 5.02 Å². The van der Waals surface area contributed by atoms with E-state index in [1.54, 1.807) is 0 Å². The van der Waals surface area contributed by atoms with Crippen molar-refractivity contribution in [3.05, 3.63) is 34.3 Å². The van der Waals surface area contributed by atoms with Crippen LogP contribution >= 0.6 is 11.6 Å². The zero-order chi connectivity index (χ0) is 16.7. The second-order valence-electron chi connectivity index (χ2n) is 6.42. The van der Waals surface area contributed by atoms with Crippen LogP contribution in [0.25, 0.3) is 0 Å². The van der Waals surface area contributed by atoms with Gasteiger partial charge in [-0.2, -0.15) is 0 Å². The number of fused-ring (bicyclic) bond motifs is 1. The Kier molecular flexibility index (Phi) is 4.42. The minimum absolute atomic E-state index is 0.136. The van der Waals surface area contributed by atoms with Crippen LogP contribution in [0, 0.1) is 0 Å². The molecule has 126 valence electrons. The molecule has 5 nitrogen and oxygen atoms in total. The fraction of sp³-hybridized carbons (Fsp3) is 0.562. The molecule has 2 aliphatic rings. The van der Waals surface area contributed by atoms with E-state index in [1.165, 1.54) is 6.26 Å². The Labute approximate surface area is 141 Å². The topological polar surface area (TPSA) is 75.3 Å². The highest BCUT2D eigenvalue weighted by molar-refractivity contribution is 7.92. The fourth-order valence-electron chi connectivity index (χ4n) is 3.62. The molecule has 1 saturated heterocycles. The number of carbonyl (C=O) groups is 1. The molecule has 0 bridgehead atoms. The van der Waals surface area contributed by atoms with Crippen LogP contribution in [-0.2, 0) is 21.1 Å². The minimum atomic E-state index is -3.49. The summed E-state index contributed by atoms with van der Waals surface area (Å²) in [4.78, 5) is 12.9. The van der Waals surface area contributed by atoms with Gasteiger partial charge in [0, 0.05) is 11.3 Å². The van der Waals surface area contributed by atoms with E-state index in [9.17, 15) is 13.2 Å². The molecule has 1 unspecified atom stereocenters.